The molecular formula is C20H19N2O3-. The Morgan fingerprint density at radius 2 is 1.80 bits per heavy atom. The predicted molar refractivity (Wildman–Crippen MR) is 93.7 cm³/mol. The molecule has 0 N–H and O–H groups in total. The van der Waals surface area contributed by atoms with Crippen LogP contribution in [0.1, 0.15) is 24.2 Å². The Morgan fingerprint density at radius 3 is 2.40 bits per heavy atom. The first-order valence-corrected chi connectivity index (χ1v) is 8.14. The highest BCUT2D eigenvalue weighted by Crippen LogP contribution is 2.25. The molecule has 3 rings (SSSR count). The van der Waals surface area contributed by atoms with E-state index in [1.54, 1.807) is 16.8 Å². The van der Waals surface area contributed by atoms with Crippen LogP contribution in [0.2, 0.25) is 0 Å². The average molecular weight is 335 g/mol. The first kappa shape index (κ1) is 16.8. The molecule has 0 spiro atoms. The summed E-state index contributed by atoms with van der Waals surface area (Å²) < 4.78 is 7.20. The van der Waals surface area contributed by atoms with Gasteiger partial charge in [-0.2, -0.15) is 5.10 Å². The molecule has 0 saturated carbocycles. The summed E-state index contributed by atoms with van der Waals surface area (Å²) in [5.74, 6) is -0.0711. The highest BCUT2D eigenvalue weighted by atomic mass is 16.5. The molecule has 5 nitrogen and oxygen atoms in total. The van der Waals surface area contributed by atoms with Crippen LogP contribution in [0.25, 0.3) is 16.9 Å². The second kappa shape index (κ2) is 7.21. The van der Waals surface area contributed by atoms with Crippen LogP contribution in [-0.2, 0) is 0 Å². The van der Waals surface area contributed by atoms with E-state index >= 15 is 0 Å². The van der Waals surface area contributed by atoms with Gasteiger partial charge in [-0.05, 0) is 42.3 Å². The quantitative estimate of drug-likeness (QED) is 0.694. The standard InChI is InChI=1S/C20H20N2O3/c1-14(2)13-25-17-10-8-15(9-11-17)19-18(20(23)24)12-22(21-19)16-6-4-3-5-7-16/h3-12,14H,13H2,1-2H3,(H,23,24)/p-1. The van der Waals surface area contributed by atoms with Gasteiger partial charge in [-0.25, -0.2) is 4.68 Å². The van der Waals surface area contributed by atoms with Gasteiger partial charge < -0.3 is 14.6 Å². The van der Waals surface area contributed by atoms with Gasteiger partial charge in [0.25, 0.3) is 0 Å². The summed E-state index contributed by atoms with van der Waals surface area (Å²) in [6.45, 7) is 4.79. The molecule has 0 saturated heterocycles. The van der Waals surface area contributed by atoms with Crippen molar-refractivity contribution in [2.24, 2.45) is 5.92 Å². The lowest BCUT2D eigenvalue weighted by Gasteiger charge is -2.09. The van der Waals surface area contributed by atoms with Crippen molar-refractivity contribution in [3.05, 3.63) is 66.4 Å². The number of ether oxygens (including phenoxy) is 1. The third-order valence-corrected chi connectivity index (χ3v) is 3.67. The fourth-order valence-corrected chi connectivity index (χ4v) is 2.42. The van der Waals surface area contributed by atoms with Gasteiger partial charge in [0.05, 0.1) is 18.3 Å². The van der Waals surface area contributed by atoms with Crippen molar-refractivity contribution in [1.82, 2.24) is 9.78 Å². The maximum Gasteiger partial charge on any atom is 0.119 e. The number of hydrogen-bond donors (Lipinski definition) is 0. The summed E-state index contributed by atoms with van der Waals surface area (Å²) in [6, 6.07) is 16.6. The molecule has 25 heavy (non-hydrogen) atoms. The van der Waals surface area contributed by atoms with Crippen molar-refractivity contribution < 1.29 is 14.6 Å². The zero-order valence-electron chi connectivity index (χ0n) is 14.2. The Morgan fingerprint density at radius 1 is 1.12 bits per heavy atom. The zero-order chi connectivity index (χ0) is 17.8. The van der Waals surface area contributed by atoms with Crippen LogP contribution >= 0.6 is 0 Å². The van der Waals surface area contributed by atoms with E-state index in [1.807, 2.05) is 42.5 Å². The summed E-state index contributed by atoms with van der Waals surface area (Å²) in [5.41, 5.74) is 1.91. The minimum Gasteiger partial charge on any atom is -0.545 e. The van der Waals surface area contributed by atoms with Crippen LogP contribution in [0.3, 0.4) is 0 Å². The van der Waals surface area contributed by atoms with Gasteiger partial charge >= 0.3 is 0 Å². The largest absolute Gasteiger partial charge is 0.545 e. The molecule has 0 atom stereocenters. The molecule has 0 aliphatic rings. The minimum atomic E-state index is -1.25. The lowest BCUT2D eigenvalue weighted by Crippen LogP contribution is -2.22. The molecular weight excluding hydrogens is 316 g/mol. The van der Waals surface area contributed by atoms with Crippen molar-refractivity contribution in [2.45, 2.75) is 13.8 Å². The SMILES string of the molecule is CC(C)COc1ccc(-c2nn(-c3ccccc3)cc2C(=O)[O-])cc1. The number of carboxylic acid groups (broad SMARTS) is 1. The van der Waals surface area contributed by atoms with Crippen molar-refractivity contribution in [1.29, 1.82) is 0 Å². The zero-order valence-corrected chi connectivity index (χ0v) is 14.2. The second-order valence-electron chi connectivity index (χ2n) is 6.19. The topological polar surface area (TPSA) is 67.2 Å². The molecule has 0 bridgehead atoms. The Kier molecular flexibility index (Phi) is 4.84. The Labute approximate surface area is 146 Å². The number of para-hydroxylation sites is 1. The van der Waals surface area contributed by atoms with Crippen LogP contribution in [0.15, 0.2) is 60.8 Å². The van der Waals surface area contributed by atoms with Crippen LogP contribution in [-0.4, -0.2) is 22.4 Å². The van der Waals surface area contributed by atoms with E-state index in [9.17, 15) is 9.90 Å². The smallest absolute Gasteiger partial charge is 0.119 e. The van der Waals surface area contributed by atoms with Crippen molar-refractivity contribution in [3.8, 4) is 22.7 Å². The molecule has 0 unspecified atom stereocenters. The number of rotatable bonds is 6. The maximum atomic E-state index is 11.5. The van der Waals surface area contributed by atoms with E-state index < -0.39 is 5.97 Å². The van der Waals surface area contributed by atoms with Crippen LogP contribution in [0.5, 0.6) is 5.75 Å². The van der Waals surface area contributed by atoms with Gasteiger partial charge in [-0.1, -0.05) is 32.0 Å². The number of aromatic nitrogens is 2. The summed E-state index contributed by atoms with van der Waals surface area (Å²) in [4.78, 5) is 11.5. The van der Waals surface area contributed by atoms with Gasteiger partial charge in [0.1, 0.15) is 11.4 Å². The van der Waals surface area contributed by atoms with Gasteiger partial charge in [0, 0.05) is 17.3 Å². The molecule has 0 aliphatic carbocycles. The van der Waals surface area contributed by atoms with Crippen molar-refractivity contribution in [3.63, 3.8) is 0 Å². The summed E-state index contributed by atoms with van der Waals surface area (Å²) >= 11 is 0. The summed E-state index contributed by atoms with van der Waals surface area (Å²) in [7, 11) is 0. The molecule has 0 radical (unpaired) electrons. The molecule has 128 valence electrons. The number of carboxylic acids is 1. The molecule has 0 amide bonds. The number of benzene rings is 2. The number of nitrogens with zero attached hydrogens (tertiary/aromatic N) is 2. The monoisotopic (exact) mass is 335 g/mol. The highest BCUT2D eigenvalue weighted by molar-refractivity contribution is 5.93. The van der Waals surface area contributed by atoms with Crippen LogP contribution in [0.4, 0.5) is 0 Å². The van der Waals surface area contributed by atoms with Crippen molar-refractivity contribution in [2.75, 3.05) is 6.61 Å². The van der Waals surface area contributed by atoms with E-state index in [0.717, 1.165) is 11.4 Å². The van der Waals surface area contributed by atoms with Gasteiger partial charge in [0.15, 0.2) is 0 Å². The third kappa shape index (κ3) is 3.88. The minimum absolute atomic E-state index is 0.0553. The van der Waals surface area contributed by atoms with Crippen LogP contribution < -0.4 is 9.84 Å². The number of aromatic carboxylic acids is 1. The normalized spacial score (nSPS) is 10.8. The first-order valence-electron chi connectivity index (χ1n) is 8.14. The van der Waals surface area contributed by atoms with Gasteiger partial charge in [0.2, 0.25) is 0 Å². The Balaban J connectivity index is 1.93. The predicted octanol–water partition coefficient (Wildman–Crippen LogP) is 2.94. The lowest BCUT2D eigenvalue weighted by atomic mass is 10.1. The molecule has 1 heterocycles. The van der Waals surface area contributed by atoms with Crippen LogP contribution in [0, 0.1) is 5.92 Å². The maximum absolute atomic E-state index is 11.5. The fraction of sp³-hybridized carbons (Fsp3) is 0.200. The van der Waals surface area contributed by atoms with E-state index in [1.165, 1.54) is 6.20 Å². The second-order valence-corrected chi connectivity index (χ2v) is 6.19. The number of hydrogen-bond acceptors (Lipinski definition) is 4. The molecule has 1 aromatic heterocycles. The van der Waals surface area contributed by atoms with E-state index in [4.69, 9.17) is 4.74 Å². The van der Waals surface area contributed by atoms with Gasteiger partial charge in [-0.3, -0.25) is 0 Å². The Hall–Kier alpha value is -3.08. The van der Waals surface area contributed by atoms with Gasteiger partial charge in [-0.15, -0.1) is 0 Å². The third-order valence-electron chi connectivity index (χ3n) is 3.67. The van der Waals surface area contributed by atoms with E-state index in [-0.39, 0.29) is 5.56 Å². The summed E-state index contributed by atoms with van der Waals surface area (Å²) in [5, 5.41) is 15.9. The lowest BCUT2D eigenvalue weighted by molar-refractivity contribution is -0.254. The molecule has 2 aromatic carbocycles. The average Bonchev–Trinajstić information content (AvgIpc) is 3.07. The number of carbonyl (C=O) groups excluding carboxylic acids is 1. The fourth-order valence-electron chi connectivity index (χ4n) is 2.42. The molecule has 5 heteroatoms. The molecule has 3 aromatic rings. The molecule has 0 fully saturated rings. The summed E-state index contributed by atoms with van der Waals surface area (Å²) in [6.07, 6.45) is 1.48. The van der Waals surface area contributed by atoms with E-state index in [0.29, 0.717) is 23.8 Å². The first-order chi connectivity index (χ1) is 12.0. The Bertz CT molecular complexity index is 852. The highest BCUT2D eigenvalue weighted by Gasteiger charge is 2.13. The molecule has 0 aliphatic heterocycles. The van der Waals surface area contributed by atoms with Crippen molar-refractivity contribution >= 4 is 5.97 Å². The number of carbonyl (C=O) groups is 1. The van der Waals surface area contributed by atoms with E-state index in [2.05, 4.69) is 18.9 Å².